The third-order valence-electron chi connectivity index (χ3n) is 2.19. The van der Waals surface area contributed by atoms with Crippen LogP contribution in [-0.4, -0.2) is 0 Å². The molecule has 14 heavy (non-hydrogen) atoms. The number of hydrogen-bond donors (Lipinski definition) is 0. The molecule has 0 radical (unpaired) electrons. The summed E-state index contributed by atoms with van der Waals surface area (Å²) in [5, 5.41) is 0.691. The first-order chi connectivity index (χ1) is 6.39. The van der Waals surface area contributed by atoms with Gasteiger partial charge in [0.05, 0.1) is 0 Å². The fraction of sp³-hybridized carbons (Fsp3) is 0.385. The molecule has 1 heteroatoms. The predicted octanol–water partition coefficient (Wildman–Crippen LogP) is 4.28. The Bertz CT molecular complexity index is 331. The van der Waals surface area contributed by atoms with Crippen LogP contribution in [0.1, 0.15) is 31.9 Å². The van der Waals surface area contributed by atoms with E-state index in [0.29, 0.717) is 5.03 Å². The number of hydrogen-bond acceptors (Lipinski definition) is 0. The van der Waals surface area contributed by atoms with E-state index in [1.165, 1.54) is 11.1 Å². The van der Waals surface area contributed by atoms with E-state index < -0.39 is 0 Å². The molecule has 1 aromatic carbocycles. The van der Waals surface area contributed by atoms with E-state index in [2.05, 4.69) is 51.6 Å². The van der Waals surface area contributed by atoms with Crippen molar-refractivity contribution in [2.75, 3.05) is 0 Å². The van der Waals surface area contributed by atoms with Gasteiger partial charge < -0.3 is 0 Å². The average Bonchev–Trinajstić information content (AvgIpc) is 2.01. The van der Waals surface area contributed by atoms with Crippen molar-refractivity contribution in [1.82, 2.24) is 0 Å². The summed E-state index contributed by atoms with van der Waals surface area (Å²) in [6.07, 6.45) is 0.755. The molecule has 0 saturated carbocycles. The van der Waals surface area contributed by atoms with Gasteiger partial charge in [-0.05, 0) is 16.5 Å². The Balaban J connectivity index is 2.95. The van der Waals surface area contributed by atoms with Crippen LogP contribution in [0.5, 0.6) is 0 Å². The van der Waals surface area contributed by atoms with Gasteiger partial charge in [-0.3, -0.25) is 0 Å². The van der Waals surface area contributed by atoms with Gasteiger partial charge >= 0.3 is 0 Å². The van der Waals surface area contributed by atoms with Crippen LogP contribution in [0.2, 0.25) is 0 Å². The third-order valence-corrected chi connectivity index (χ3v) is 2.32. The van der Waals surface area contributed by atoms with Crippen molar-refractivity contribution in [1.29, 1.82) is 0 Å². The molecule has 0 fully saturated rings. The Morgan fingerprint density at radius 2 is 2.00 bits per heavy atom. The molecule has 0 amide bonds. The predicted molar refractivity (Wildman–Crippen MR) is 63.8 cm³/mol. The highest BCUT2D eigenvalue weighted by Crippen LogP contribution is 2.23. The Kier molecular flexibility index (Phi) is 3.38. The molecule has 1 aromatic rings. The topological polar surface area (TPSA) is 0 Å². The normalized spacial score (nSPS) is 11.4. The highest BCUT2D eigenvalue weighted by Gasteiger charge is 2.13. The number of halogens is 1. The van der Waals surface area contributed by atoms with Gasteiger partial charge in [0.2, 0.25) is 0 Å². The Hall–Kier alpha value is -0.750. The van der Waals surface area contributed by atoms with Gasteiger partial charge in [-0.2, -0.15) is 0 Å². The van der Waals surface area contributed by atoms with E-state index in [1.54, 1.807) is 0 Å². The molecule has 0 saturated heterocycles. The minimum Gasteiger partial charge on any atom is -0.0894 e. The Morgan fingerprint density at radius 1 is 1.36 bits per heavy atom. The van der Waals surface area contributed by atoms with E-state index in [-0.39, 0.29) is 5.41 Å². The first kappa shape index (κ1) is 11.3. The van der Waals surface area contributed by atoms with E-state index in [9.17, 15) is 0 Å². The van der Waals surface area contributed by atoms with Gasteiger partial charge in [0, 0.05) is 11.5 Å². The van der Waals surface area contributed by atoms with Gasteiger partial charge in [0.1, 0.15) is 0 Å². The lowest BCUT2D eigenvalue weighted by Crippen LogP contribution is -2.11. The van der Waals surface area contributed by atoms with Crippen LogP contribution in [0, 0.1) is 0 Å². The third kappa shape index (κ3) is 3.19. The fourth-order valence-electron chi connectivity index (χ4n) is 1.37. The van der Waals surface area contributed by atoms with Crippen molar-refractivity contribution in [3.05, 3.63) is 47.0 Å². The van der Waals surface area contributed by atoms with Crippen molar-refractivity contribution in [2.45, 2.75) is 32.6 Å². The number of rotatable bonds is 2. The molecule has 0 aliphatic heterocycles. The van der Waals surface area contributed by atoms with Gasteiger partial charge in [0.15, 0.2) is 0 Å². The molecule has 0 heterocycles. The maximum absolute atomic E-state index is 5.78. The zero-order valence-electron chi connectivity index (χ0n) is 9.10. The summed E-state index contributed by atoms with van der Waals surface area (Å²) in [6, 6.07) is 8.52. The molecule has 0 bridgehead atoms. The number of benzene rings is 1. The van der Waals surface area contributed by atoms with Crippen molar-refractivity contribution >= 4 is 11.6 Å². The Labute approximate surface area is 91.6 Å². The SMILES string of the molecule is C=C(Cl)Cc1cccc(C(C)(C)C)c1. The van der Waals surface area contributed by atoms with Crippen molar-refractivity contribution in [2.24, 2.45) is 0 Å². The fourth-order valence-corrected chi connectivity index (χ4v) is 1.52. The van der Waals surface area contributed by atoms with Crippen LogP contribution < -0.4 is 0 Å². The summed E-state index contributed by atoms with van der Waals surface area (Å²) >= 11 is 5.78. The summed E-state index contributed by atoms with van der Waals surface area (Å²) in [5.74, 6) is 0. The molecular formula is C13H17Cl. The van der Waals surface area contributed by atoms with Crippen LogP contribution in [-0.2, 0) is 11.8 Å². The van der Waals surface area contributed by atoms with Crippen LogP contribution in [0.15, 0.2) is 35.9 Å². The smallest absolute Gasteiger partial charge is 0.0153 e. The van der Waals surface area contributed by atoms with Crippen molar-refractivity contribution in [3.63, 3.8) is 0 Å². The average molecular weight is 209 g/mol. The monoisotopic (exact) mass is 208 g/mol. The minimum absolute atomic E-state index is 0.198. The molecule has 0 aliphatic rings. The second-order valence-electron chi connectivity index (χ2n) is 4.64. The lowest BCUT2D eigenvalue weighted by molar-refractivity contribution is 0.589. The highest BCUT2D eigenvalue weighted by atomic mass is 35.5. The minimum atomic E-state index is 0.198. The zero-order chi connectivity index (χ0) is 10.8. The summed E-state index contributed by atoms with van der Waals surface area (Å²) in [6.45, 7) is 10.3. The zero-order valence-corrected chi connectivity index (χ0v) is 9.86. The first-order valence-corrected chi connectivity index (χ1v) is 5.20. The van der Waals surface area contributed by atoms with Crippen molar-refractivity contribution < 1.29 is 0 Å². The lowest BCUT2D eigenvalue weighted by Gasteiger charge is -2.19. The summed E-state index contributed by atoms with van der Waals surface area (Å²) in [7, 11) is 0. The summed E-state index contributed by atoms with van der Waals surface area (Å²) in [4.78, 5) is 0. The molecule has 0 nitrogen and oxygen atoms in total. The highest BCUT2D eigenvalue weighted by molar-refractivity contribution is 6.29. The van der Waals surface area contributed by atoms with E-state index in [0.717, 1.165) is 6.42 Å². The number of allylic oxidation sites excluding steroid dienone is 1. The summed E-state index contributed by atoms with van der Waals surface area (Å²) < 4.78 is 0. The van der Waals surface area contributed by atoms with Crippen LogP contribution in [0.4, 0.5) is 0 Å². The van der Waals surface area contributed by atoms with E-state index in [1.807, 2.05) is 0 Å². The summed E-state index contributed by atoms with van der Waals surface area (Å²) in [5.41, 5.74) is 2.77. The maximum atomic E-state index is 5.78. The van der Waals surface area contributed by atoms with Gasteiger partial charge in [-0.1, -0.05) is 63.2 Å². The molecule has 0 spiro atoms. The van der Waals surface area contributed by atoms with E-state index >= 15 is 0 Å². The van der Waals surface area contributed by atoms with Crippen LogP contribution in [0.3, 0.4) is 0 Å². The molecule has 0 N–H and O–H groups in total. The van der Waals surface area contributed by atoms with Crippen molar-refractivity contribution in [3.8, 4) is 0 Å². The van der Waals surface area contributed by atoms with Gasteiger partial charge in [0.25, 0.3) is 0 Å². The lowest BCUT2D eigenvalue weighted by atomic mass is 9.86. The molecule has 76 valence electrons. The first-order valence-electron chi connectivity index (χ1n) is 4.82. The molecule has 0 unspecified atom stereocenters. The Morgan fingerprint density at radius 3 is 2.50 bits per heavy atom. The van der Waals surface area contributed by atoms with Gasteiger partial charge in [-0.25, -0.2) is 0 Å². The maximum Gasteiger partial charge on any atom is 0.0153 e. The molecule has 0 aliphatic carbocycles. The molecule has 0 atom stereocenters. The van der Waals surface area contributed by atoms with Crippen LogP contribution in [0.25, 0.3) is 0 Å². The van der Waals surface area contributed by atoms with E-state index in [4.69, 9.17) is 11.6 Å². The molecular weight excluding hydrogens is 192 g/mol. The largest absolute Gasteiger partial charge is 0.0894 e. The quantitative estimate of drug-likeness (QED) is 0.681. The van der Waals surface area contributed by atoms with Gasteiger partial charge in [-0.15, -0.1) is 0 Å². The molecule has 0 aromatic heterocycles. The second-order valence-corrected chi connectivity index (χ2v) is 5.18. The van der Waals surface area contributed by atoms with Crippen LogP contribution >= 0.6 is 11.6 Å². The molecule has 1 rings (SSSR count). The standard InChI is InChI=1S/C13H17Cl/c1-10(14)8-11-6-5-7-12(9-11)13(2,3)4/h5-7,9H,1,8H2,2-4H3. The second kappa shape index (κ2) is 4.18.